The minimum atomic E-state index is -1.23. The van der Waals surface area contributed by atoms with E-state index in [0.29, 0.717) is 13.1 Å². The maximum absolute atomic E-state index is 13.8. The Labute approximate surface area is 88.8 Å². The molecule has 2 aliphatic rings. The van der Waals surface area contributed by atoms with Crippen LogP contribution in [0, 0.1) is 0 Å². The number of rotatable bonds is 0. The second-order valence-electron chi connectivity index (χ2n) is 5.33. The summed E-state index contributed by atoms with van der Waals surface area (Å²) >= 11 is 0. The molecule has 15 heavy (non-hydrogen) atoms. The lowest BCUT2D eigenvalue weighted by molar-refractivity contribution is 0.0244. The van der Waals surface area contributed by atoms with Crippen molar-refractivity contribution in [3.8, 4) is 0 Å². The molecule has 0 aromatic rings. The average molecular weight is 216 g/mol. The molecule has 0 bridgehead atoms. The van der Waals surface area contributed by atoms with Gasteiger partial charge in [0.1, 0.15) is 5.60 Å². The summed E-state index contributed by atoms with van der Waals surface area (Å²) in [5.74, 6) is 0. The molecule has 2 saturated heterocycles. The van der Waals surface area contributed by atoms with Gasteiger partial charge in [-0.1, -0.05) is 0 Å². The zero-order valence-corrected chi connectivity index (χ0v) is 9.34. The molecule has 2 heterocycles. The van der Waals surface area contributed by atoms with Crippen LogP contribution in [-0.2, 0) is 4.74 Å². The van der Waals surface area contributed by atoms with Gasteiger partial charge in [0, 0.05) is 13.1 Å². The lowest BCUT2D eigenvalue weighted by Crippen LogP contribution is -2.64. The van der Waals surface area contributed by atoms with Crippen LogP contribution < -0.4 is 5.32 Å². The molecule has 0 radical (unpaired) electrons. The number of fused-ring (bicyclic) bond motifs is 1. The fourth-order valence-corrected chi connectivity index (χ4v) is 1.93. The van der Waals surface area contributed by atoms with Crippen LogP contribution >= 0.6 is 0 Å². The Hall–Kier alpha value is -0.840. The van der Waals surface area contributed by atoms with E-state index in [4.69, 9.17) is 4.74 Å². The van der Waals surface area contributed by atoms with Gasteiger partial charge in [0.2, 0.25) is 0 Å². The van der Waals surface area contributed by atoms with Gasteiger partial charge >= 0.3 is 6.09 Å². The number of alkyl halides is 1. The van der Waals surface area contributed by atoms with E-state index >= 15 is 0 Å². The van der Waals surface area contributed by atoms with Crippen molar-refractivity contribution in [1.29, 1.82) is 0 Å². The first-order valence-corrected chi connectivity index (χ1v) is 5.20. The summed E-state index contributed by atoms with van der Waals surface area (Å²) in [7, 11) is 0. The van der Waals surface area contributed by atoms with E-state index < -0.39 is 17.4 Å². The molecular weight excluding hydrogens is 199 g/mol. The zero-order valence-electron chi connectivity index (χ0n) is 9.34. The number of ether oxygens (including phenoxy) is 1. The summed E-state index contributed by atoms with van der Waals surface area (Å²) < 4.78 is 19.0. The van der Waals surface area contributed by atoms with Gasteiger partial charge in [-0.3, -0.25) is 0 Å². The summed E-state index contributed by atoms with van der Waals surface area (Å²) in [5, 5.41) is 2.97. The topological polar surface area (TPSA) is 41.6 Å². The second kappa shape index (κ2) is 3.07. The van der Waals surface area contributed by atoms with Crippen LogP contribution in [0.4, 0.5) is 9.18 Å². The molecule has 1 N–H and O–H groups in total. The van der Waals surface area contributed by atoms with Gasteiger partial charge in [0.25, 0.3) is 0 Å². The quantitative estimate of drug-likeness (QED) is 0.654. The highest BCUT2D eigenvalue weighted by Gasteiger charge is 2.55. The van der Waals surface area contributed by atoms with Crippen molar-refractivity contribution in [3.63, 3.8) is 0 Å². The van der Waals surface area contributed by atoms with Crippen molar-refractivity contribution in [2.45, 2.75) is 38.1 Å². The molecule has 1 amide bonds. The highest BCUT2D eigenvalue weighted by molar-refractivity contribution is 5.69. The van der Waals surface area contributed by atoms with Crippen molar-refractivity contribution >= 4 is 6.09 Å². The Bertz CT molecular complexity index is 290. The molecule has 0 aliphatic carbocycles. The summed E-state index contributed by atoms with van der Waals surface area (Å²) in [6.07, 6.45) is -0.421. The first-order chi connectivity index (χ1) is 6.80. The molecule has 0 spiro atoms. The largest absolute Gasteiger partial charge is 0.444 e. The SMILES string of the molecule is CC(C)(C)OC(=O)N1CC2NCC2(F)C1. The predicted molar refractivity (Wildman–Crippen MR) is 53.4 cm³/mol. The first kappa shape index (κ1) is 10.7. The van der Waals surface area contributed by atoms with E-state index in [-0.39, 0.29) is 12.6 Å². The third kappa shape index (κ3) is 1.93. The minimum Gasteiger partial charge on any atom is -0.444 e. The van der Waals surface area contributed by atoms with Gasteiger partial charge < -0.3 is 15.0 Å². The standard InChI is InChI=1S/C10H17FN2O2/c1-9(2,3)15-8(14)13-4-7-10(11,6-13)5-12-7/h7,12H,4-6H2,1-3H3. The van der Waals surface area contributed by atoms with E-state index in [1.54, 1.807) is 20.8 Å². The van der Waals surface area contributed by atoms with Crippen molar-refractivity contribution in [1.82, 2.24) is 10.2 Å². The lowest BCUT2D eigenvalue weighted by atomic mass is 9.92. The number of nitrogens with one attached hydrogen (secondary N) is 1. The molecule has 2 aliphatic heterocycles. The number of nitrogens with zero attached hydrogens (tertiary/aromatic N) is 1. The van der Waals surface area contributed by atoms with Crippen LogP contribution in [0.15, 0.2) is 0 Å². The van der Waals surface area contributed by atoms with Crippen LogP contribution in [-0.4, -0.2) is 47.9 Å². The molecule has 4 nitrogen and oxygen atoms in total. The van der Waals surface area contributed by atoms with Crippen LogP contribution in [0.2, 0.25) is 0 Å². The first-order valence-electron chi connectivity index (χ1n) is 5.20. The molecule has 2 rings (SSSR count). The number of halogens is 1. The average Bonchev–Trinajstić information content (AvgIpc) is 2.26. The van der Waals surface area contributed by atoms with Crippen LogP contribution in [0.3, 0.4) is 0 Å². The number of hydrogen-bond donors (Lipinski definition) is 1. The summed E-state index contributed by atoms with van der Waals surface area (Å²) in [6.45, 7) is 6.32. The van der Waals surface area contributed by atoms with Gasteiger partial charge in [-0.05, 0) is 20.8 Å². The van der Waals surface area contributed by atoms with Crippen LogP contribution in [0.1, 0.15) is 20.8 Å². The van der Waals surface area contributed by atoms with E-state index in [2.05, 4.69) is 5.32 Å². The van der Waals surface area contributed by atoms with Crippen molar-refractivity contribution in [3.05, 3.63) is 0 Å². The minimum absolute atomic E-state index is 0.152. The number of likely N-dealkylation sites (tertiary alicyclic amines) is 1. The van der Waals surface area contributed by atoms with Crippen molar-refractivity contribution in [2.75, 3.05) is 19.6 Å². The van der Waals surface area contributed by atoms with E-state index in [9.17, 15) is 9.18 Å². The van der Waals surface area contributed by atoms with Crippen molar-refractivity contribution < 1.29 is 13.9 Å². The zero-order chi connectivity index (χ0) is 11.3. The van der Waals surface area contributed by atoms with Gasteiger partial charge in [-0.25, -0.2) is 9.18 Å². The highest BCUT2D eigenvalue weighted by atomic mass is 19.1. The Morgan fingerprint density at radius 1 is 1.60 bits per heavy atom. The van der Waals surface area contributed by atoms with E-state index in [0.717, 1.165) is 0 Å². The molecule has 0 saturated carbocycles. The molecular formula is C10H17FN2O2. The van der Waals surface area contributed by atoms with Gasteiger partial charge in [-0.15, -0.1) is 0 Å². The molecule has 0 aromatic carbocycles. The monoisotopic (exact) mass is 216 g/mol. The number of hydrogen-bond acceptors (Lipinski definition) is 3. The molecule has 2 fully saturated rings. The fraction of sp³-hybridized carbons (Fsp3) is 0.900. The molecule has 0 aromatic heterocycles. The van der Waals surface area contributed by atoms with Crippen molar-refractivity contribution in [2.24, 2.45) is 0 Å². The number of carbonyl (C=O) groups excluding carboxylic acids is 1. The van der Waals surface area contributed by atoms with E-state index in [1.165, 1.54) is 4.90 Å². The predicted octanol–water partition coefficient (Wildman–Crippen LogP) is 0.917. The second-order valence-corrected chi connectivity index (χ2v) is 5.33. The third-order valence-corrected chi connectivity index (χ3v) is 2.78. The third-order valence-electron chi connectivity index (χ3n) is 2.78. The summed E-state index contributed by atoms with van der Waals surface area (Å²) in [5.41, 5.74) is -1.74. The summed E-state index contributed by atoms with van der Waals surface area (Å²) in [4.78, 5) is 13.1. The molecule has 2 unspecified atom stereocenters. The Morgan fingerprint density at radius 3 is 2.60 bits per heavy atom. The fourth-order valence-electron chi connectivity index (χ4n) is 1.93. The Kier molecular flexibility index (Phi) is 2.19. The number of carbonyl (C=O) groups is 1. The van der Waals surface area contributed by atoms with Gasteiger partial charge in [0.15, 0.2) is 5.67 Å². The smallest absolute Gasteiger partial charge is 0.410 e. The Morgan fingerprint density at radius 2 is 2.27 bits per heavy atom. The molecule has 5 heteroatoms. The molecule has 2 atom stereocenters. The number of amides is 1. The highest BCUT2D eigenvalue weighted by Crippen LogP contribution is 2.32. The van der Waals surface area contributed by atoms with Crippen LogP contribution in [0.5, 0.6) is 0 Å². The Balaban J connectivity index is 1.94. The summed E-state index contributed by atoms with van der Waals surface area (Å²) in [6, 6.07) is -0.204. The maximum atomic E-state index is 13.8. The van der Waals surface area contributed by atoms with Crippen LogP contribution in [0.25, 0.3) is 0 Å². The van der Waals surface area contributed by atoms with Gasteiger partial charge in [-0.2, -0.15) is 0 Å². The molecule has 86 valence electrons. The van der Waals surface area contributed by atoms with Gasteiger partial charge in [0.05, 0.1) is 12.6 Å². The normalized spacial score (nSPS) is 34.7. The van der Waals surface area contributed by atoms with E-state index in [1.807, 2.05) is 0 Å². The maximum Gasteiger partial charge on any atom is 0.410 e. The lowest BCUT2D eigenvalue weighted by Gasteiger charge is -2.37.